The van der Waals surface area contributed by atoms with Gasteiger partial charge in [0, 0.05) is 12.2 Å². The molecule has 0 aromatic heterocycles. The van der Waals surface area contributed by atoms with Crippen molar-refractivity contribution in [3.8, 4) is 5.40 Å². The Morgan fingerprint density at radius 1 is 1.45 bits per heavy atom. The number of nitriles is 1. The van der Waals surface area contributed by atoms with Crippen molar-refractivity contribution in [1.29, 1.82) is 5.26 Å². The highest BCUT2D eigenvalue weighted by atomic mass is 32.2. The number of carbonyl (C=O) groups excluding carboxylic acids is 1. The molecule has 0 rings (SSSR count). The van der Waals surface area contributed by atoms with Crippen LogP contribution in [0.25, 0.3) is 0 Å². The molecule has 2 nitrogen and oxygen atoms in total. The molecule has 0 aromatic rings. The Balaban J connectivity index is 2.92. The molecule has 62 valence electrons. The summed E-state index contributed by atoms with van der Waals surface area (Å²) in [7, 11) is 0. The quantitative estimate of drug-likeness (QED) is 0.455. The number of hydrogen-bond donors (Lipinski definition) is 0. The Labute approximate surface area is 72.0 Å². The van der Waals surface area contributed by atoms with Gasteiger partial charge in [-0.05, 0) is 31.5 Å². The molecule has 0 amide bonds. The average Bonchev–Trinajstić information content (AvgIpc) is 1.96. The van der Waals surface area contributed by atoms with Gasteiger partial charge in [0.1, 0.15) is 11.2 Å². The van der Waals surface area contributed by atoms with Crippen LogP contribution in [0.4, 0.5) is 0 Å². The van der Waals surface area contributed by atoms with E-state index in [2.05, 4.69) is 0 Å². The predicted molar refractivity (Wildman–Crippen MR) is 47.2 cm³/mol. The van der Waals surface area contributed by atoms with Crippen LogP contribution < -0.4 is 0 Å². The van der Waals surface area contributed by atoms with E-state index < -0.39 is 0 Å². The van der Waals surface area contributed by atoms with Gasteiger partial charge in [-0.3, -0.25) is 0 Å². The predicted octanol–water partition coefficient (Wildman–Crippen LogP) is 2.35. The van der Waals surface area contributed by atoms with Crippen LogP contribution in [0.15, 0.2) is 0 Å². The third kappa shape index (κ3) is 9.51. The SMILES string of the molecule is CC(=O)CCCCCSC#N. The highest BCUT2D eigenvalue weighted by molar-refractivity contribution is 8.03. The molecule has 0 radical (unpaired) electrons. The molecule has 0 spiro atoms. The van der Waals surface area contributed by atoms with E-state index in [1.54, 1.807) is 6.92 Å². The number of ketones is 1. The summed E-state index contributed by atoms with van der Waals surface area (Å²) in [5.41, 5.74) is 0. The lowest BCUT2D eigenvalue weighted by Gasteiger charge is -1.94. The Hall–Kier alpha value is -0.490. The number of Topliss-reactive ketones (excluding diaryl/α,β-unsaturated/α-hetero) is 1. The maximum atomic E-state index is 10.5. The van der Waals surface area contributed by atoms with Crippen molar-refractivity contribution in [2.24, 2.45) is 0 Å². The highest BCUT2D eigenvalue weighted by Gasteiger charge is 1.93. The van der Waals surface area contributed by atoms with E-state index in [0.29, 0.717) is 6.42 Å². The minimum atomic E-state index is 0.262. The summed E-state index contributed by atoms with van der Waals surface area (Å²) < 4.78 is 0. The van der Waals surface area contributed by atoms with Crippen molar-refractivity contribution in [2.45, 2.75) is 32.6 Å². The summed E-state index contributed by atoms with van der Waals surface area (Å²) in [6.45, 7) is 1.62. The molecular weight excluding hydrogens is 158 g/mol. The van der Waals surface area contributed by atoms with Gasteiger partial charge in [0.25, 0.3) is 0 Å². The van der Waals surface area contributed by atoms with Crippen molar-refractivity contribution in [2.75, 3.05) is 5.75 Å². The number of thiocyanates is 1. The lowest BCUT2D eigenvalue weighted by atomic mass is 10.2. The molecular formula is C8H13NOS. The molecule has 0 saturated carbocycles. The lowest BCUT2D eigenvalue weighted by molar-refractivity contribution is -0.117. The number of thioether (sulfide) groups is 1. The van der Waals surface area contributed by atoms with Gasteiger partial charge in [-0.2, -0.15) is 5.26 Å². The van der Waals surface area contributed by atoms with Gasteiger partial charge in [-0.1, -0.05) is 6.42 Å². The normalized spacial score (nSPS) is 9.09. The van der Waals surface area contributed by atoms with Gasteiger partial charge in [0.2, 0.25) is 0 Å². The van der Waals surface area contributed by atoms with E-state index >= 15 is 0 Å². The zero-order valence-corrected chi connectivity index (χ0v) is 7.62. The Bertz CT molecular complexity index is 151. The van der Waals surface area contributed by atoms with E-state index in [0.717, 1.165) is 25.0 Å². The molecule has 0 heterocycles. The molecule has 0 aromatic carbocycles. The summed E-state index contributed by atoms with van der Waals surface area (Å²) in [5.74, 6) is 1.16. The summed E-state index contributed by atoms with van der Waals surface area (Å²) >= 11 is 1.29. The topological polar surface area (TPSA) is 40.9 Å². The molecule has 0 N–H and O–H groups in total. The number of hydrogen-bond acceptors (Lipinski definition) is 3. The van der Waals surface area contributed by atoms with Crippen LogP contribution in [0.2, 0.25) is 0 Å². The van der Waals surface area contributed by atoms with E-state index in [4.69, 9.17) is 5.26 Å². The van der Waals surface area contributed by atoms with E-state index in [9.17, 15) is 4.79 Å². The molecule has 0 saturated heterocycles. The maximum Gasteiger partial charge on any atom is 0.133 e. The zero-order chi connectivity index (χ0) is 8.53. The zero-order valence-electron chi connectivity index (χ0n) is 6.80. The molecule has 0 aliphatic rings. The van der Waals surface area contributed by atoms with Crippen LogP contribution in [0.5, 0.6) is 0 Å². The lowest BCUT2D eigenvalue weighted by Crippen LogP contribution is -1.89. The summed E-state index contributed by atoms with van der Waals surface area (Å²) in [5, 5.41) is 10.2. The van der Waals surface area contributed by atoms with Crippen molar-refractivity contribution in [3.05, 3.63) is 0 Å². The second-order valence-electron chi connectivity index (χ2n) is 2.45. The minimum Gasteiger partial charge on any atom is -0.300 e. The third-order valence-electron chi connectivity index (χ3n) is 1.34. The summed E-state index contributed by atoms with van der Waals surface area (Å²) in [4.78, 5) is 10.5. The second kappa shape index (κ2) is 7.62. The van der Waals surface area contributed by atoms with Crippen LogP contribution in [-0.2, 0) is 4.79 Å². The first kappa shape index (κ1) is 10.5. The molecule has 0 aliphatic heterocycles. The van der Waals surface area contributed by atoms with Crippen molar-refractivity contribution in [3.63, 3.8) is 0 Å². The number of rotatable bonds is 6. The monoisotopic (exact) mass is 171 g/mol. The van der Waals surface area contributed by atoms with Crippen LogP contribution in [0.1, 0.15) is 32.6 Å². The van der Waals surface area contributed by atoms with Gasteiger partial charge in [-0.25, -0.2) is 0 Å². The maximum absolute atomic E-state index is 10.5. The van der Waals surface area contributed by atoms with Crippen molar-refractivity contribution in [1.82, 2.24) is 0 Å². The smallest absolute Gasteiger partial charge is 0.133 e. The van der Waals surface area contributed by atoms with Gasteiger partial charge >= 0.3 is 0 Å². The third-order valence-corrected chi connectivity index (χ3v) is 1.96. The van der Waals surface area contributed by atoms with Crippen LogP contribution >= 0.6 is 11.8 Å². The molecule has 0 atom stereocenters. The molecule has 0 aliphatic carbocycles. The molecule has 0 unspecified atom stereocenters. The van der Waals surface area contributed by atoms with Crippen LogP contribution in [0.3, 0.4) is 0 Å². The standard InChI is InChI=1S/C8H13NOS/c1-8(10)5-3-2-4-6-11-7-9/h2-6H2,1H3. The fraction of sp³-hybridized carbons (Fsp3) is 0.750. The van der Waals surface area contributed by atoms with Crippen molar-refractivity contribution < 1.29 is 4.79 Å². The molecule has 11 heavy (non-hydrogen) atoms. The fourth-order valence-electron chi connectivity index (χ4n) is 0.771. The molecule has 3 heteroatoms. The van der Waals surface area contributed by atoms with Gasteiger partial charge in [0.15, 0.2) is 0 Å². The Morgan fingerprint density at radius 2 is 2.18 bits per heavy atom. The molecule has 0 fully saturated rings. The largest absolute Gasteiger partial charge is 0.300 e. The van der Waals surface area contributed by atoms with Crippen LogP contribution in [-0.4, -0.2) is 11.5 Å². The number of unbranched alkanes of at least 4 members (excludes halogenated alkanes) is 2. The van der Waals surface area contributed by atoms with Crippen LogP contribution in [0, 0.1) is 10.7 Å². The minimum absolute atomic E-state index is 0.262. The number of carbonyl (C=O) groups is 1. The molecule has 0 bridgehead atoms. The first-order valence-electron chi connectivity index (χ1n) is 3.77. The first-order valence-corrected chi connectivity index (χ1v) is 4.76. The van der Waals surface area contributed by atoms with E-state index in [1.165, 1.54) is 11.8 Å². The number of nitrogens with zero attached hydrogens (tertiary/aromatic N) is 1. The van der Waals surface area contributed by atoms with E-state index in [1.807, 2.05) is 5.40 Å². The van der Waals surface area contributed by atoms with Gasteiger partial charge in [0.05, 0.1) is 0 Å². The summed E-state index contributed by atoms with van der Waals surface area (Å²) in [6.07, 6.45) is 3.78. The van der Waals surface area contributed by atoms with Gasteiger partial charge < -0.3 is 4.79 Å². The first-order chi connectivity index (χ1) is 5.27. The Morgan fingerprint density at radius 3 is 2.73 bits per heavy atom. The van der Waals surface area contributed by atoms with E-state index in [-0.39, 0.29) is 5.78 Å². The fourth-order valence-corrected chi connectivity index (χ4v) is 1.21. The highest BCUT2D eigenvalue weighted by Crippen LogP contribution is 2.05. The second-order valence-corrected chi connectivity index (χ2v) is 3.33. The van der Waals surface area contributed by atoms with Crippen molar-refractivity contribution >= 4 is 17.5 Å². The summed E-state index contributed by atoms with van der Waals surface area (Å²) in [6, 6.07) is 0. The van der Waals surface area contributed by atoms with Gasteiger partial charge in [-0.15, -0.1) is 0 Å². The average molecular weight is 171 g/mol. The Kier molecular flexibility index (Phi) is 7.28.